The molecule has 0 spiro atoms. The van der Waals surface area contributed by atoms with E-state index < -0.39 is 16.1 Å². The number of sulfonamides is 1. The lowest BCUT2D eigenvalue weighted by Gasteiger charge is -2.31. The second-order valence-electron chi connectivity index (χ2n) is 6.10. The highest BCUT2D eigenvalue weighted by Crippen LogP contribution is 2.35. The fourth-order valence-corrected chi connectivity index (χ4v) is 4.33. The Morgan fingerprint density at radius 3 is 2.42 bits per heavy atom. The van der Waals surface area contributed by atoms with Crippen molar-refractivity contribution in [1.82, 2.24) is 4.90 Å². The first-order valence-corrected chi connectivity index (χ1v) is 9.90. The second-order valence-corrected chi connectivity index (χ2v) is 7.95. The molecule has 0 aliphatic carbocycles. The van der Waals surface area contributed by atoms with Crippen LogP contribution < -0.4 is 13.8 Å². The van der Waals surface area contributed by atoms with E-state index in [9.17, 15) is 13.2 Å². The van der Waals surface area contributed by atoms with Crippen molar-refractivity contribution >= 4 is 21.6 Å². The molecule has 3 rings (SSSR count). The number of carbonyl (C=O) groups excluding carboxylic acids is 1. The molecule has 0 radical (unpaired) electrons. The minimum absolute atomic E-state index is 0.173. The maximum atomic E-state index is 12.7. The van der Waals surface area contributed by atoms with Gasteiger partial charge in [0.15, 0.2) is 11.5 Å². The molecule has 8 heteroatoms. The van der Waals surface area contributed by atoms with E-state index in [0.717, 1.165) is 23.4 Å². The topological polar surface area (TPSA) is 76.2 Å². The van der Waals surface area contributed by atoms with Gasteiger partial charge >= 0.3 is 0 Å². The molecule has 2 aliphatic heterocycles. The highest BCUT2D eigenvalue weighted by molar-refractivity contribution is 7.92. The van der Waals surface area contributed by atoms with Crippen LogP contribution in [-0.4, -0.2) is 57.8 Å². The standard InChI is InChI=1S/C16H22N2O5S/c1-12(16(19)17-7-3-4-8-17)18(24(2,20)21)13-5-6-14-15(11-13)23-10-9-22-14/h5-6,11-12H,3-4,7-10H2,1-2H3/t12-/m0/s1. The summed E-state index contributed by atoms with van der Waals surface area (Å²) in [7, 11) is -3.63. The number of nitrogens with zero attached hydrogens (tertiary/aromatic N) is 2. The van der Waals surface area contributed by atoms with Gasteiger partial charge in [-0.3, -0.25) is 9.10 Å². The second kappa shape index (κ2) is 6.51. The van der Waals surface area contributed by atoms with Gasteiger partial charge in [-0.15, -0.1) is 0 Å². The third-order valence-corrected chi connectivity index (χ3v) is 5.51. The lowest BCUT2D eigenvalue weighted by molar-refractivity contribution is -0.130. The molecule has 132 valence electrons. The Hall–Kier alpha value is -1.96. The van der Waals surface area contributed by atoms with E-state index in [4.69, 9.17) is 9.47 Å². The van der Waals surface area contributed by atoms with Crippen molar-refractivity contribution in [3.8, 4) is 11.5 Å². The molecule has 0 N–H and O–H groups in total. The summed E-state index contributed by atoms with van der Waals surface area (Å²) in [6, 6.07) is 4.13. The van der Waals surface area contributed by atoms with Crippen LogP contribution in [0.15, 0.2) is 18.2 Å². The number of carbonyl (C=O) groups is 1. The van der Waals surface area contributed by atoms with E-state index in [1.54, 1.807) is 30.0 Å². The first kappa shape index (κ1) is 16.9. The van der Waals surface area contributed by atoms with Gasteiger partial charge in [0.1, 0.15) is 19.3 Å². The molecule has 1 saturated heterocycles. The molecule has 0 bridgehead atoms. The number of rotatable bonds is 4. The predicted molar refractivity (Wildman–Crippen MR) is 90.0 cm³/mol. The largest absolute Gasteiger partial charge is 0.486 e. The van der Waals surface area contributed by atoms with E-state index >= 15 is 0 Å². The molecule has 1 fully saturated rings. The van der Waals surface area contributed by atoms with Gasteiger partial charge in [-0.2, -0.15) is 0 Å². The van der Waals surface area contributed by atoms with Crippen molar-refractivity contribution in [2.45, 2.75) is 25.8 Å². The van der Waals surface area contributed by atoms with Gasteiger partial charge < -0.3 is 14.4 Å². The SMILES string of the molecule is C[C@@H](C(=O)N1CCCC1)N(c1ccc2c(c1)OCCO2)S(C)(=O)=O. The van der Waals surface area contributed by atoms with Crippen LogP contribution in [0, 0.1) is 0 Å². The number of amides is 1. The molecule has 0 unspecified atom stereocenters. The molecule has 2 heterocycles. The number of benzene rings is 1. The molecular formula is C16H22N2O5S. The lowest BCUT2D eigenvalue weighted by Crippen LogP contribution is -2.48. The van der Waals surface area contributed by atoms with E-state index in [2.05, 4.69) is 0 Å². The monoisotopic (exact) mass is 354 g/mol. The third-order valence-electron chi connectivity index (χ3n) is 4.26. The summed E-state index contributed by atoms with van der Waals surface area (Å²) < 4.78 is 36.8. The van der Waals surface area contributed by atoms with E-state index in [1.807, 2.05) is 0 Å². The number of ether oxygens (including phenoxy) is 2. The average Bonchev–Trinajstić information content (AvgIpc) is 3.07. The van der Waals surface area contributed by atoms with Gasteiger partial charge in [-0.25, -0.2) is 8.42 Å². The van der Waals surface area contributed by atoms with Crippen molar-refractivity contribution in [2.75, 3.05) is 36.9 Å². The number of hydrogen-bond donors (Lipinski definition) is 0. The van der Waals surface area contributed by atoms with Crippen LogP contribution in [0.5, 0.6) is 11.5 Å². The highest BCUT2D eigenvalue weighted by Gasteiger charge is 2.33. The fraction of sp³-hybridized carbons (Fsp3) is 0.562. The van der Waals surface area contributed by atoms with E-state index in [-0.39, 0.29) is 5.91 Å². The molecule has 0 aromatic heterocycles. The van der Waals surface area contributed by atoms with Gasteiger partial charge in [0, 0.05) is 19.2 Å². The molecule has 2 aliphatic rings. The van der Waals surface area contributed by atoms with Crippen molar-refractivity contribution in [1.29, 1.82) is 0 Å². The Morgan fingerprint density at radius 2 is 1.79 bits per heavy atom. The number of hydrogen-bond acceptors (Lipinski definition) is 5. The van der Waals surface area contributed by atoms with E-state index in [0.29, 0.717) is 43.5 Å². The Balaban J connectivity index is 1.93. The Labute approximate surface area is 142 Å². The molecule has 1 atom stereocenters. The zero-order valence-electron chi connectivity index (χ0n) is 13.9. The fourth-order valence-electron chi connectivity index (χ4n) is 3.17. The van der Waals surface area contributed by atoms with Crippen molar-refractivity contribution in [2.24, 2.45) is 0 Å². The molecule has 1 aromatic carbocycles. The van der Waals surface area contributed by atoms with E-state index in [1.165, 1.54) is 0 Å². The first-order valence-electron chi connectivity index (χ1n) is 8.06. The third kappa shape index (κ3) is 3.28. The Bertz CT molecular complexity index is 728. The van der Waals surface area contributed by atoms with Crippen LogP contribution in [-0.2, 0) is 14.8 Å². The lowest BCUT2D eigenvalue weighted by atomic mass is 10.2. The summed E-state index contributed by atoms with van der Waals surface area (Å²) in [6.45, 7) is 3.87. The Kier molecular flexibility index (Phi) is 4.58. The van der Waals surface area contributed by atoms with Crippen LogP contribution in [0.25, 0.3) is 0 Å². The van der Waals surface area contributed by atoms with Crippen LogP contribution in [0.3, 0.4) is 0 Å². The number of likely N-dealkylation sites (tertiary alicyclic amines) is 1. The van der Waals surface area contributed by atoms with Gasteiger partial charge in [0.2, 0.25) is 15.9 Å². The predicted octanol–water partition coefficient (Wildman–Crippen LogP) is 1.23. The van der Waals surface area contributed by atoms with Gasteiger partial charge in [-0.1, -0.05) is 0 Å². The quantitative estimate of drug-likeness (QED) is 0.813. The van der Waals surface area contributed by atoms with Gasteiger partial charge in [-0.05, 0) is 31.9 Å². The summed E-state index contributed by atoms with van der Waals surface area (Å²) in [4.78, 5) is 14.4. The van der Waals surface area contributed by atoms with Gasteiger partial charge in [0.05, 0.1) is 11.9 Å². The highest BCUT2D eigenvalue weighted by atomic mass is 32.2. The number of anilines is 1. The van der Waals surface area contributed by atoms with Gasteiger partial charge in [0.25, 0.3) is 0 Å². The smallest absolute Gasteiger partial charge is 0.246 e. The zero-order valence-corrected chi connectivity index (χ0v) is 14.7. The van der Waals surface area contributed by atoms with Crippen LogP contribution in [0.4, 0.5) is 5.69 Å². The molecule has 24 heavy (non-hydrogen) atoms. The summed E-state index contributed by atoms with van der Waals surface area (Å²) in [5.74, 6) is 0.901. The summed E-state index contributed by atoms with van der Waals surface area (Å²) in [5, 5.41) is 0. The molecular weight excluding hydrogens is 332 g/mol. The number of fused-ring (bicyclic) bond motifs is 1. The van der Waals surface area contributed by atoms with Crippen molar-refractivity contribution in [3.63, 3.8) is 0 Å². The van der Waals surface area contributed by atoms with Crippen LogP contribution >= 0.6 is 0 Å². The molecule has 7 nitrogen and oxygen atoms in total. The molecule has 1 amide bonds. The average molecular weight is 354 g/mol. The maximum absolute atomic E-state index is 12.7. The summed E-state index contributed by atoms with van der Waals surface area (Å²) in [6.07, 6.45) is 3.03. The van der Waals surface area contributed by atoms with Crippen molar-refractivity contribution in [3.05, 3.63) is 18.2 Å². The zero-order chi connectivity index (χ0) is 17.3. The van der Waals surface area contributed by atoms with Crippen LogP contribution in [0.2, 0.25) is 0 Å². The normalized spacial score (nSPS) is 18.3. The maximum Gasteiger partial charge on any atom is 0.246 e. The first-order chi connectivity index (χ1) is 11.4. The summed E-state index contributed by atoms with van der Waals surface area (Å²) in [5.41, 5.74) is 0.404. The molecule has 0 saturated carbocycles. The Morgan fingerprint density at radius 1 is 1.17 bits per heavy atom. The summed E-state index contributed by atoms with van der Waals surface area (Å²) >= 11 is 0. The molecule has 1 aromatic rings. The minimum Gasteiger partial charge on any atom is -0.486 e. The van der Waals surface area contributed by atoms with Crippen LogP contribution in [0.1, 0.15) is 19.8 Å². The van der Waals surface area contributed by atoms with Crippen molar-refractivity contribution < 1.29 is 22.7 Å². The minimum atomic E-state index is -3.63.